The molecule has 1 unspecified atom stereocenters. The summed E-state index contributed by atoms with van der Waals surface area (Å²) in [6.07, 6.45) is 41.5. The van der Waals surface area contributed by atoms with E-state index in [1.165, 1.54) is 134 Å². The van der Waals surface area contributed by atoms with Crippen molar-refractivity contribution in [1.82, 2.24) is 5.32 Å². The molecule has 1 aliphatic heterocycles. The number of allylic oxidation sites excluding steroid dienone is 2. The molecule has 288 valence electrons. The van der Waals surface area contributed by atoms with Gasteiger partial charge in [-0.1, -0.05) is 13.3 Å². The molecule has 4 nitrogen and oxygen atoms in total. The van der Waals surface area contributed by atoms with Crippen molar-refractivity contribution in [3.63, 3.8) is 0 Å². The molecule has 0 bridgehead atoms. The molecule has 0 aliphatic carbocycles. The van der Waals surface area contributed by atoms with Crippen molar-refractivity contribution in [2.45, 2.75) is 187 Å². The fourth-order valence-electron chi connectivity index (χ4n) is 7.84. The van der Waals surface area contributed by atoms with E-state index in [0.29, 0.717) is 5.69 Å². The minimum absolute atomic E-state index is 0.292. The SMILES string of the molecule is CCCCCCCCCCCCCCP(CCCCCC)(CCCCCC)(CCCCCC)OC(=O)C1(Nc2ccccc2F)C=CC=CN1. The molecule has 1 aliphatic rings. The van der Waals surface area contributed by atoms with Crippen LogP contribution in [0.4, 0.5) is 10.1 Å². The zero-order chi connectivity index (χ0) is 36.3. The predicted molar refractivity (Wildman–Crippen MR) is 220 cm³/mol. The number of carbonyl (C=O) groups is 1. The van der Waals surface area contributed by atoms with Crippen LogP contribution in [0.15, 0.2) is 48.7 Å². The minimum atomic E-state index is -3.02. The summed E-state index contributed by atoms with van der Waals surface area (Å²) >= 11 is 0. The Hall–Kier alpha value is -1.87. The van der Waals surface area contributed by atoms with Crippen LogP contribution in [0.3, 0.4) is 0 Å². The number of benzene rings is 1. The molecule has 0 radical (unpaired) electrons. The van der Waals surface area contributed by atoms with E-state index in [0.717, 1.165) is 50.3 Å². The molecule has 2 N–H and O–H groups in total. The van der Waals surface area contributed by atoms with Gasteiger partial charge in [0, 0.05) is 0 Å². The number of unbranched alkanes of at least 4 members (excludes halogenated alkanes) is 20. The molecule has 1 heterocycles. The monoisotopic (exact) mass is 717 g/mol. The van der Waals surface area contributed by atoms with Crippen LogP contribution in [0.2, 0.25) is 0 Å². The van der Waals surface area contributed by atoms with E-state index in [2.05, 4.69) is 38.3 Å². The van der Waals surface area contributed by atoms with Gasteiger partial charge in [-0.25, -0.2) is 0 Å². The van der Waals surface area contributed by atoms with Crippen molar-refractivity contribution in [3.8, 4) is 0 Å². The quantitative estimate of drug-likeness (QED) is 0.0576. The number of hydrogen-bond donors (Lipinski definition) is 2. The topological polar surface area (TPSA) is 50.4 Å². The Kier molecular flexibility index (Phi) is 23.0. The molecular formula is C44H78FN2O2P. The number of carbonyl (C=O) groups excluding carboxylic acids is 1. The Balaban J connectivity index is 2.36. The molecule has 1 atom stereocenters. The van der Waals surface area contributed by atoms with Gasteiger partial charge in [-0.15, -0.1) is 0 Å². The molecule has 0 amide bonds. The van der Waals surface area contributed by atoms with Crippen LogP contribution in [-0.2, 0) is 9.32 Å². The standard InChI is InChI=1S/C44H78FN2O2P/c1-5-9-13-17-18-19-20-21-22-23-24-32-40-50(37-29-14-10-6-2,38-30-15-11-7-3,39-31-16-12-8-4)49-43(48)44(35-27-28-36-46-44)47-42-34-26-25-33-41(42)45/h25-28,33-36,46-47H,5-24,29-32,37-40H2,1-4H3. The normalized spacial score (nSPS) is 16.5. The number of hydrogen-bond acceptors (Lipinski definition) is 4. The van der Waals surface area contributed by atoms with Crippen molar-refractivity contribution in [2.24, 2.45) is 0 Å². The van der Waals surface area contributed by atoms with Crippen molar-refractivity contribution >= 4 is 18.5 Å². The third-order valence-corrected chi connectivity index (χ3v) is 17.5. The Morgan fingerprint density at radius 3 is 1.42 bits per heavy atom. The van der Waals surface area contributed by atoms with E-state index in [1.807, 2.05) is 18.2 Å². The van der Waals surface area contributed by atoms with Crippen molar-refractivity contribution < 1.29 is 13.7 Å². The molecule has 0 fully saturated rings. The Morgan fingerprint density at radius 1 is 0.620 bits per heavy atom. The fourth-order valence-corrected chi connectivity index (χ4v) is 14.3. The van der Waals surface area contributed by atoms with Gasteiger partial charge in [0.2, 0.25) is 0 Å². The summed E-state index contributed by atoms with van der Waals surface area (Å²) in [7, 11) is 0. The second-order valence-corrected chi connectivity index (χ2v) is 21.2. The van der Waals surface area contributed by atoms with Gasteiger partial charge in [0.25, 0.3) is 0 Å². The summed E-state index contributed by atoms with van der Waals surface area (Å²) in [5.41, 5.74) is -1.06. The fraction of sp³-hybridized carbons (Fsp3) is 0.750. The van der Waals surface area contributed by atoms with Crippen LogP contribution in [0, 0.1) is 5.82 Å². The molecule has 0 aromatic heterocycles. The van der Waals surface area contributed by atoms with Gasteiger partial charge >= 0.3 is 296 Å². The summed E-state index contributed by atoms with van der Waals surface area (Å²) in [6, 6.07) is 6.62. The third kappa shape index (κ3) is 16.2. The number of halogens is 1. The van der Waals surface area contributed by atoms with Gasteiger partial charge in [0.05, 0.1) is 0 Å². The van der Waals surface area contributed by atoms with Crippen LogP contribution in [0.25, 0.3) is 0 Å². The maximum atomic E-state index is 15.0. The first-order chi connectivity index (χ1) is 24.4. The Morgan fingerprint density at radius 2 is 1.02 bits per heavy atom. The van der Waals surface area contributed by atoms with E-state index in [1.54, 1.807) is 24.4 Å². The Bertz CT molecular complexity index is 1060. The third-order valence-electron chi connectivity index (χ3n) is 11.0. The second kappa shape index (κ2) is 26.0. The summed E-state index contributed by atoms with van der Waals surface area (Å²) < 4.78 is 22.4. The molecule has 2 rings (SSSR count). The van der Waals surface area contributed by atoms with E-state index < -0.39 is 12.5 Å². The van der Waals surface area contributed by atoms with Crippen LogP contribution in [0.5, 0.6) is 0 Å². The van der Waals surface area contributed by atoms with E-state index in [9.17, 15) is 4.79 Å². The molecule has 50 heavy (non-hydrogen) atoms. The first kappa shape index (κ1) is 44.3. The van der Waals surface area contributed by atoms with Gasteiger partial charge in [0.1, 0.15) is 0 Å². The number of nitrogens with one attached hydrogen (secondary N) is 2. The zero-order valence-electron chi connectivity index (χ0n) is 33.1. The van der Waals surface area contributed by atoms with Gasteiger partial charge in [-0.05, 0) is 0 Å². The van der Waals surface area contributed by atoms with Crippen molar-refractivity contribution in [2.75, 3.05) is 30.0 Å². The first-order valence-corrected chi connectivity index (χ1v) is 24.2. The van der Waals surface area contributed by atoms with Crippen LogP contribution < -0.4 is 10.6 Å². The predicted octanol–water partition coefficient (Wildman–Crippen LogP) is 14.1. The molecule has 0 saturated heterocycles. The van der Waals surface area contributed by atoms with Crippen molar-refractivity contribution in [3.05, 3.63) is 54.5 Å². The van der Waals surface area contributed by atoms with Crippen molar-refractivity contribution in [1.29, 1.82) is 0 Å². The number of para-hydroxylation sites is 1. The van der Waals surface area contributed by atoms with E-state index in [-0.39, 0.29) is 11.8 Å². The molecule has 1 aromatic rings. The maximum absolute atomic E-state index is 15.0. The zero-order valence-corrected chi connectivity index (χ0v) is 34.0. The molecular weight excluding hydrogens is 638 g/mol. The molecule has 6 heteroatoms. The summed E-state index contributed by atoms with van der Waals surface area (Å²) in [6.45, 7) is 6.09. The van der Waals surface area contributed by atoms with E-state index >= 15 is 4.39 Å². The summed E-state index contributed by atoms with van der Waals surface area (Å²) in [5, 5.41) is 6.56. The number of anilines is 1. The molecule has 1 aromatic carbocycles. The summed E-state index contributed by atoms with van der Waals surface area (Å²) in [5.74, 6) is -0.670. The summed E-state index contributed by atoms with van der Waals surface area (Å²) in [4.78, 5) is 14.9. The van der Waals surface area contributed by atoms with Crippen LogP contribution in [0.1, 0.15) is 182 Å². The second-order valence-electron chi connectivity index (χ2n) is 15.5. The first-order valence-electron chi connectivity index (χ1n) is 21.3. The number of dihydropyridines is 1. The average molecular weight is 717 g/mol. The van der Waals surface area contributed by atoms with Gasteiger partial charge < -0.3 is 0 Å². The van der Waals surface area contributed by atoms with Crippen LogP contribution >= 0.6 is 6.83 Å². The Labute approximate surface area is 308 Å². The number of rotatable bonds is 32. The molecule has 0 spiro atoms. The van der Waals surface area contributed by atoms with E-state index in [4.69, 9.17) is 4.52 Å². The van der Waals surface area contributed by atoms with Gasteiger partial charge in [-0.3, -0.25) is 0 Å². The van der Waals surface area contributed by atoms with Gasteiger partial charge in [-0.2, -0.15) is 0 Å². The molecule has 0 saturated carbocycles. The van der Waals surface area contributed by atoms with Crippen LogP contribution in [-0.4, -0.2) is 36.3 Å². The average Bonchev–Trinajstić information content (AvgIpc) is 3.13. The van der Waals surface area contributed by atoms with Gasteiger partial charge in [0.15, 0.2) is 0 Å².